The lowest BCUT2D eigenvalue weighted by molar-refractivity contribution is -0.0451. The van der Waals surface area contributed by atoms with Crippen LogP contribution < -0.4 is 4.72 Å². The third kappa shape index (κ3) is 2.30. The van der Waals surface area contributed by atoms with Crippen molar-refractivity contribution >= 4 is 10.0 Å². The maximum absolute atomic E-state index is 12.2. The lowest BCUT2D eigenvalue weighted by Crippen LogP contribution is -2.38. The molecule has 0 bridgehead atoms. The van der Waals surface area contributed by atoms with Gasteiger partial charge >= 0.3 is 15.5 Å². The molecule has 17 heavy (non-hydrogen) atoms. The van der Waals surface area contributed by atoms with Gasteiger partial charge in [0.2, 0.25) is 0 Å². The molecular formula is C10H10F3NO2S. The van der Waals surface area contributed by atoms with E-state index in [-0.39, 0.29) is 0 Å². The molecule has 0 heterocycles. The van der Waals surface area contributed by atoms with Gasteiger partial charge in [-0.25, -0.2) is 8.42 Å². The van der Waals surface area contributed by atoms with Gasteiger partial charge in [0.25, 0.3) is 0 Å². The molecule has 0 aromatic heterocycles. The van der Waals surface area contributed by atoms with Gasteiger partial charge in [0.05, 0.1) is 0 Å². The van der Waals surface area contributed by atoms with Crippen LogP contribution in [-0.4, -0.2) is 13.9 Å². The van der Waals surface area contributed by atoms with Crippen LogP contribution >= 0.6 is 0 Å². The van der Waals surface area contributed by atoms with Crippen molar-refractivity contribution in [1.29, 1.82) is 0 Å². The van der Waals surface area contributed by atoms with Gasteiger partial charge in [0.1, 0.15) is 0 Å². The lowest BCUT2D eigenvalue weighted by atomic mass is 10.1. The van der Waals surface area contributed by atoms with E-state index in [9.17, 15) is 21.6 Å². The normalized spacial score (nSPS) is 20.3. The second kappa shape index (κ2) is 3.99. The first-order chi connectivity index (χ1) is 7.81. The number of sulfonamides is 1. The molecule has 1 aromatic carbocycles. The molecule has 0 amide bonds. The third-order valence-corrected chi connectivity index (χ3v) is 3.94. The molecule has 1 N–H and O–H groups in total. The maximum Gasteiger partial charge on any atom is 0.511 e. The highest BCUT2D eigenvalue weighted by molar-refractivity contribution is 7.90. The number of fused-ring (bicyclic) bond motifs is 1. The fourth-order valence-corrected chi connectivity index (χ4v) is 2.69. The van der Waals surface area contributed by atoms with Crippen molar-refractivity contribution in [3.63, 3.8) is 0 Å². The van der Waals surface area contributed by atoms with Gasteiger partial charge in [-0.1, -0.05) is 24.3 Å². The summed E-state index contributed by atoms with van der Waals surface area (Å²) in [4.78, 5) is 0. The minimum Gasteiger partial charge on any atom is -0.203 e. The van der Waals surface area contributed by atoms with E-state index in [1.54, 1.807) is 29.0 Å². The van der Waals surface area contributed by atoms with E-state index in [0.29, 0.717) is 18.4 Å². The minimum atomic E-state index is -5.27. The third-order valence-electron chi connectivity index (χ3n) is 2.73. The summed E-state index contributed by atoms with van der Waals surface area (Å²) >= 11 is 0. The molecule has 1 aliphatic carbocycles. The number of alkyl halides is 3. The van der Waals surface area contributed by atoms with Crippen LogP contribution in [0.25, 0.3) is 0 Å². The zero-order valence-electron chi connectivity index (χ0n) is 8.66. The molecule has 0 saturated carbocycles. The molecule has 0 saturated heterocycles. The molecule has 0 aliphatic heterocycles. The SMILES string of the molecule is O=S(=O)(NC1CCc2ccccc21)C(F)(F)F. The number of halogens is 3. The molecule has 1 unspecified atom stereocenters. The highest BCUT2D eigenvalue weighted by atomic mass is 32.2. The van der Waals surface area contributed by atoms with Crippen LogP contribution in [0.15, 0.2) is 24.3 Å². The van der Waals surface area contributed by atoms with Gasteiger partial charge in [-0.2, -0.15) is 17.9 Å². The molecule has 2 rings (SSSR count). The molecule has 1 atom stereocenters. The summed E-state index contributed by atoms with van der Waals surface area (Å²) in [5, 5.41) is 0. The van der Waals surface area contributed by atoms with E-state index in [2.05, 4.69) is 0 Å². The average molecular weight is 265 g/mol. The molecule has 0 spiro atoms. The second-order valence-electron chi connectivity index (χ2n) is 3.86. The molecule has 0 fully saturated rings. The summed E-state index contributed by atoms with van der Waals surface area (Å²) in [6, 6.07) is 6.11. The standard InChI is InChI=1S/C10H10F3NO2S/c11-10(12,13)17(15,16)14-9-6-5-7-3-1-2-4-8(7)9/h1-4,9,14H,5-6H2. The van der Waals surface area contributed by atoms with Crippen molar-refractivity contribution in [3.8, 4) is 0 Å². The molecule has 1 aliphatic rings. The monoisotopic (exact) mass is 265 g/mol. The van der Waals surface area contributed by atoms with E-state index in [4.69, 9.17) is 0 Å². The summed E-state index contributed by atoms with van der Waals surface area (Å²) in [6.45, 7) is 0. The van der Waals surface area contributed by atoms with E-state index in [1.807, 2.05) is 0 Å². The average Bonchev–Trinajstić information content (AvgIpc) is 2.60. The zero-order valence-corrected chi connectivity index (χ0v) is 9.48. The fraction of sp³-hybridized carbons (Fsp3) is 0.400. The van der Waals surface area contributed by atoms with E-state index in [0.717, 1.165) is 5.56 Å². The van der Waals surface area contributed by atoms with Crippen molar-refractivity contribution < 1.29 is 21.6 Å². The highest BCUT2D eigenvalue weighted by Gasteiger charge is 2.47. The predicted molar refractivity (Wildman–Crippen MR) is 55.6 cm³/mol. The molecule has 3 nitrogen and oxygen atoms in total. The molecule has 94 valence electrons. The highest BCUT2D eigenvalue weighted by Crippen LogP contribution is 2.33. The number of hydrogen-bond donors (Lipinski definition) is 1. The summed E-state index contributed by atoms with van der Waals surface area (Å²) in [5.74, 6) is 0. The van der Waals surface area contributed by atoms with Crippen LogP contribution in [0.3, 0.4) is 0 Å². The zero-order chi connectivity index (χ0) is 12.7. The lowest BCUT2D eigenvalue weighted by Gasteiger charge is -2.15. The maximum atomic E-state index is 12.2. The van der Waals surface area contributed by atoms with Gasteiger partial charge in [-0.05, 0) is 24.0 Å². The van der Waals surface area contributed by atoms with Crippen LogP contribution in [0.1, 0.15) is 23.6 Å². The fourth-order valence-electron chi connectivity index (χ4n) is 1.93. The first-order valence-corrected chi connectivity index (χ1v) is 6.46. The van der Waals surface area contributed by atoms with Gasteiger partial charge in [0, 0.05) is 6.04 Å². The summed E-state index contributed by atoms with van der Waals surface area (Å²) in [7, 11) is -5.27. The Labute approximate surface area is 96.7 Å². The number of aryl methyl sites for hydroxylation is 1. The predicted octanol–water partition coefficient (Wildman–Crippen LogP) is 2.11. The van der Waals surface area contributed by atoms with Crippen molar-refractivity contribution in [2.45, 2.75) is 24.4 Å². The van der Waals surface area contributed by atoms with Crippen LogP contribution in [0.5, 0.6) is 0 Å². The summed E-state index contributed by atoms with van der Waals surface area (Å²) in [5.41, 5.74) is -3.74. The smallest absolute Gasteiger partial charge is 0.203 e. The Hall–Kier alpha value is -1.08. The van der Waals surface area contributed by atoms with Crippen molar-refractivity contribution in [3.05, 3.63) is 35.4 Å². The molecule has 1 aromatic rings. The topological polar surface area (TPSA) is 46.2 Å². The van der Waals surface area contributed by atoms with Gasteiger partial charge < -0.3 is 0 Å². The Balaban J connectivity index is 2.24. The van der Waals surface area contributed by atoms with Crippen LogP contribution in [0.4, 0.5) is 13.2 Å². The summed E-state index contributed by atoms with van der Waals surface area (Å²) in [6.07, 6.45) is 0.940. The van der Waals surface area contributed by atoms with E-state index < -0.39 is 21.6 Å². The Morgan fingerprint density at radius 3 is 2.53 bits per heavy atom. The number of rotatable bonds is 2. The van der Waals surface area contributed by atoms with Gasteiger partial charge in [-0.15, -0.1) is 0 Å². The van der Waals surface area contributed by atoms with Crippen LogP contribution in [0.2, 0.25) is 0 Å². The first-order valence-electron chi connectivity index (χ1n) is 4.98. The van der Waals surface area contributed by atoms with Crippen molar-refractivity contribution in [2.75, 3.05) is 0 Å². The van der Waals surface area contributed by atoms with Crippen molar-refractivity contribution in [2.24, 2.45) is 0 Å². The largest absolute Gasteiger partial charge is 0.511 e. The second-order valence-corrected chi connectivity index (χ2v) is 5.56. The van der Waals surface area contributed by atoms with Crippen LogP contribution in [0, 0.1) is 0 Å². The molecule has 7 heteroatoms. The number of hydrogen-bond acceptors (Lipinski definition) is 2. The van der Waals surface area contributed by atoms with Crippen molar-refractivity contribution in [1.82, 2.24) is 4.72 Å². The first kappa shape index (κ1) is 12.4. The Kier molecular flexibility index (Phi) is 2.90. The van der Waals surface area contributed by atoms with Gasteiger partial charge in [-0.3, -0.25) is 0 Å². The van der Waals surface area contributed by atoms with E-state index in [1.165, 1.54) is 0 Å². The number of benzene rings is 1. The van der Waals surface area contributed by atoms with Gasteiger partial charge in [0.15, 0.2) is 0 Å². The Morgan fingerprint density at radius 2 is 1.88 bits per heavy atom. The number of nitrogens with one attached hydrogen (secondary N) is 1. The Morgan fingerprint density at radius 1 is 1.24 bits per heavy atom. The molecular weight excluding hydrogens is 255 g/mol. The Bertz CT molecular complexity index is 525. The van der Waals surface area contributed by atoms with Crippen LogP contribution in [-0.2, 0) is 16.4 Å². The molecule has 0 radical (unpaired) electrons. The summed E-state index contributed by atoms with van der Waals surface area (Å²) < 4.78 is 60.3. The quantitative estimate of drug-likeness (QED) is 0.890. The van der Waals surface area contributed by atoms with E-state index >= 15 is 0 Å². The minimum absolute atomic E-state index is 0.356.